The molecule has 2 aromatic carbocycles. The van der Waals surface area contributed by atoms with Gasteiger partial charge in [-0.05, 0) is 72.1 Å². The summed E-state index contributed by atoms with van der Waals surface area (Å²) in [4.78, 5) is 40.8. The molecule has 0 spiro atoms. The fourth-order valence-corrected chi connectivity index (χ4v) is 5.31. The molecule has 33 heavy (non-hydrogen) atoms. The summed E-state index contributed by atoms with van der Waals surface area (Å²) in [6.07, 6.45) is 2.24. The van der Waals surface area contributed by atoms with Crippen LogP contribution in [0.2, 0.25) is 0 Å². The first kappa shape index (κ1) is 23.1. The number of aryl methyl sites for hydroxylation is 1. The van der Waals surface area contributed by atoms with E-state index < -0.39 is 0 Å². The zero-order chi connectivity index (χ0) is 24.1. The van der Waals surface area contributed by atoms with Gasteiger partial charge in [0.2, 0.25) is 5.91 Å². The summed E-state index contributed by atoms with van der Waals surface area (Å²) in [5, 5.41) is 1.95. The Kier molecular flexibility index (Phi) is 5.86. The van der Waals surface area contributed by atoms with Crippen molar-refractivity contribution in [1.29, 1.82) is 0 Å². The van der Waals surface area contributed by atoms with Gasteiger partial charge in [0.05, 0.1) is 4.91 Å². The molecule has 0 atom stereocenters. The van der Waals surface area contributed by atoms with Gasteiger partial charge < -0.3 is 9.80 Å². The lowest BCUT2D eigenvalue weighted by molar-refractivity contribution is -0.120. The number of hydrogen-bond acceptors (Lipinski definition) is 5. The molecule has 1 fully saturated rings. The third-order valence-corrected chi connectivity index (χ3v) is 7.12. The molecule has 2 aliphatic rings. The van der Waals surface area contributed by atoms with E-state index in [1.54, 1.807) is 6.08 Å². The number of hydrogen-bond donors (Lipinski definition) is 1. The second kappa shape index (κ2) is 8.37. The summed E-state index contributed by atoms with van der Waals surface area (Å²) in [5.74, 6) is -0.224. The number of imide groups is 1. The van der Waals surface area contributed by atoms with Crippen molar-refractivity contribution in [3.05, 3.63) is 51.9 Å². The lowest BCUT2D eigenvalue weighted by Crippen LogP contribution is -2.41. The second-order valence-electron chi connectivity index (χ2n) is 9.41. The predicted molar refractivity (Wildman–Crippen MR) is 136 cm³/mol. The predicted octanol–water partition coefficient (Wildman–Crippen LogP) is 5.09. The van der Waals surface area contributed by atoms with Crippen LogP contribution in [0.1, 0.15) is 43.9 Å². The van der Waals surface area contributed by atoms with Crippen LogP contribution in [-0.4, -0.2) is 37.7 Å². The van der Waals surface area contributed by atoms with Gasteiger partial charge in [-0.2, -0.15) is 0 Å². The van der Waals surface area contributed by atoms with Crippen molar-refractivity contribution in [2.75, 3.05) is 30.4 Å². The van der Waals surface area contributed by atoms with Gasteiger partial charge in [-0.25, -0.2) is 0 Å². The van der Waals surface area contributed by atoms with Gasteiger partial charge in [0.1, 0.15) is 0 Å². The van der Waals surface area contributed by atoms with Gasteiger partial charge in [-0.1, -0.05) is 26.0 Å². The highest BCUT2D eigenvalue weighted by molar-refractivity contribution is 8.18. The van der Waals surface area contributed by atoms with Crippen molar-refractivity contribution in [3.63, 3.8) is 0 Å². The fraction of sp³-hybridized carbons (Fsp3) is 0.346. The van der Waals surface area contributed by atoms with Crippen molar-refractivity contribution in [2.45, 2.75) is 39.5 Å². The van der Waals surface area contributed by atoms with Gasteiger partial charge in [-0.15, -0.1) is 0 Å². The molecule has 2 heterocycles. The molecular formula is C26H29N3O3S. The molecule has 6 nitrogen and oxygen atoms in total. The smallest absolute Gasteiger partial charge is 0.290 e. The van der Waals surface area contributed by atoms with Crippen LogP contribution in [0.4, 0.5) is 16.2 Å². The maximum atomic E-state index is 12.9. The first-order valence-electron chi connectivity index (χ1n) is 11.0. The van der Waals surface area contributed by atoms with Crippen molar-refractivity contribution in [1.82, 2.24) is 5.32 Å². The number of benzene rings is 2. The Morgan fingerprint density at radius 3 is 2.45 bits per heavy atom. The van der Waals surface area contributed by atoms with E-state index in [4.69, 9.17) is 0 Å². The van der Waals surface area contributed by atoms with Gasteiger partial charge in [0.25, 0.3) is 11.1 Å². The number of fused-ring (bicyclic) bond motifs is 1. The molecule has 0 aliphatic carbocycles. The average molecular weight is 464 g/mol. The zero-order valence-corrected chi connectivity index (χ0v) is 20.7. The van der Waals surface area contributed by atoms with Crippen molar-refractivity contribution < 1.29 is 14.4 Å². The molecule has 0 radical (unpaired) electrons. The van der Waals surface area contributed by atoms with Crippen molar-refractivity contribution >= 4 is 46.3 Å². The zero-order valence-electron chi connectivity index (χ0n) is 19.9. The molecule has 2 aromatic rings. The Bertz CT molecular complexity index is 1210. The van der Waals surface area contributed by atoms with Crippen LogP contribution < -0.4 is 15.1 Å². The van der Waals surface area contributed by atoms with E-state index in [0.717, 1.165) is 45.4 Å². The number of carbonyl (C=O) groups is 3. The molecule has 172 valence electrons. The van der Waals surface area contributed by atoms with Gasteiger partial charge in [0.15, 0.2) is 0 Å². The first-order chi connectivity index (χ1) is 15.5. The summed E-state index contributed by atoms with van der Waals surface area (Å²) in [6, 6.07) is 10.4. The molecule has 1 N–H and O–H groups in total. The minimum absolute atomic E-state index is 0.144. The third kappa shape index (κ3) is 4.17. The topological polar surface area (TPSA) is 69.7 Å². The number of rotatable bonds is 4. The molecule has 4 rings (SSSR count). The molecule has 3 amide bonds. The van der Waals surface area contributed by atoms with E-state index in [1.807, 2.05) is 44.1 Å². The lowest BCUT2D eigenvalue weighted by Gasteiger charge is -2.39. The molecule has 0 saturated carbocycles. The fourth-order valence-electron chi connectivity index (χ4n) is 4.62. The van der Waals surface area contributed by atoms with E-state index in [0.29, 0.717) is 17.9 Å². The quantitative estimate of drug-likeness (QED) is 0.640. The Morgan fingerprint density at radius 2 is 1.85 bits per heavy atom. The minimum Gasteiger partial charge on any atom is -0.377 e. The summed E-state index contributed by atoms with van der Waals surface area (Å²) in [6.45, 7) is 8.97. The Hall–Kier alpha value is -3.06. The van der Waals surface area contributed by atoms with Crippen LogP contribution in [0.25, 0.3) is 17.2 Å². The standard InChI is InChI=1S/C26H29N3O3S/c1-7-29-21-13-17(15(2)10-19(21)26(3,4)14-23(29)30)18-11-16(8-9-20(18)28(5)6)12-22-24(31)27-25(32)33-22/h8-13H,7,14H2,1-6H3,(H,27,31,32). The molecule has 0 aromatic heterocycles. The number of carbonyl (C=O) groups excluding carboxylic acids is 3. The number of anilines is 2. The normalized spacial score (nSPS) is 18.5. The maximum Gasteiger partial charge on any atom is 0.290 e. The summed E-state index contributed by atoms with van der Waals surface area (Å²) >= 11 is 0.913. The van der Waals surface area contributed by atoms with Crippen LogP contribution in [0.5, 0.6) is 0 Å². The highest BCUT2D eigenvalue weighted by Gasteiger charge is 2.36. The Balaban J connectivity index is 1.90. The number of nitrogens with one attached hydrogen (secondary N) is 1. The Morgan fingerprint density at radius 1 is 1.12 bits per heavy atom. The SMILES string of the molecule is CCN1C(=O)CC(C)(C)c2cc(C)c(-c3cc(C=C4SC(=O)NC4=O)ccc3N(C)C)cc21. The van der Waals surface area contributed by atoms with E-state index in [2.05, 4.69) is 43.1 Å². The molecule has 0 bridgehead atoms. The summed E-state index contributed by atoms with van der Waals surface area (Å²) < 4.78 is 0. The van der Waals surface area contributed by atoms with Crippen LogP contribution in [-0.2, 0) is 15.0 Å². The van der Waals surface area contributed by atoms with E-state index in [-0.39, 0.29) is 22.5 Å². The van der Waals surface area contributed by atoms with Crippen molar-refractivity contribution in [2.24, 2.45) is 0 Å². The average Bonchev–Trinajstić information content (AvgIpc) is 3.04. The Labute approximate surface area is 199 Å². The third-order valence-electron chi connectivity index (χ3n) is 6.31. The minimum atomic E-state index is -0.368. The number of thioether (sulfide) groups is 1. The van der Waals surface area contributed by atoms with Crippen LogP contribution in [0, 0.1) is 6.92 Å². The van der Waals surface area contributed by atoms with Crippen LogP contribution in [0.3, 0.4) is 0 Å². The van der Waals surface area contributed by atoms with Crippen LogP contribution >= 0.6 is 11.8 Å². The molecule has 1 saturated heterocycles. The van der Waals surface area contributed by atoms with Gasteiger partial charge in [-0.3, -0.25) is 19.7 Å². The van der Waals surface area contributed by atoms with E-state index in [1.165, 1.54) is 5.56 Å². The summed E-state index contributed by atoms with van der Waals surface area (Å²) in [7, 11) is 3.99. The molecule has 0 unspecified atom stereocenters. The first-order valence-corrected chi connectivity index (χ1v) is 11.9. The highest BCUT2D eigenvalue weighted by atomic mass is 32.2. The number of amides is 3. The largest absolute Gasteiger partial charge is 0.377 e. The van der Waals surface area contributed by atoms with E-state index >= 15 is 0 Å². The maximum absolute atomic E-state index is 12.9. The van der Waals surface area contributed by atoms with Crippen LogP contribution in [0.15, 0.2) is 35.2 Å². The van der Waals surface area contributed by atoms with Gasteiger partial charge >= 0.3 is 0 Å². The molecule has 7 heteroatoms. The van der Waals surface area contributed by atoms with Crippen molar-refractivity contribution in [3.8, 4) is 11.1 Å². The highest BCUT2D eigenvalue weighted by Crippen LogP contribution is 2.45. The van der Waals surface area contributed by atoms with E-state index in [9.17, 15) is 14.4 Å². The molecular weight excluding hydrogens is 434 g/mol. The number of nitrogens with zero attached hydrogens (tertiary/aromatic N) is 2. The molecule has 2 aliphatic heterocycles. The second-order valence-corrected chi connectivity index (χ2v) is 10.4. The monoisotopic (exact) mass is 463 g/mol. The van der Waals surface area contributed by atoms with Gasteiger partial charge in [0, 0.05) is 49.4 Å². The lowest BCUT2D eigenvalue weighted by atomic mass is 9.75. The summed E-state index contributed by atoms with van der Waals surface area (Å²) in [5.41, 5.74) is 6.97.